The van der Waals surface area contributed by atoms with Crippen LogP contribution in [0.3, 0.4) is 0 Å². The molecular weight excluding hydrogens is 355 g/mol. The van der Waals surface area contributed by atoms with Crippen LogP contribution in [0.15, 0.2) is 18.2 Å². The smallest absolute Gasteiger partial charge is 0.324 e. The third-order valence-corrected chi connectivity index (χ3v) is 4.58. The van der Waals surface area contributed by atoms with Crippen LogP contribution in [0.25, 0.3) is 0 Å². The van der Waals surface area contributed by atoms with Crippen molar-refractivity contribution in [2.75, 3.05) is 5.32 Å². The Morgan fingerprint density at radius 2 is 1.92 bits per heavy atom. The maximum absolute atomic E-state index is 13.1. The van der Waals surface area contributed by atoms with Crippen LogP contribution in [-0.2, 0) is 17.5 Å². The number of rotatable bonds is 4. The van der Waals surface area contributed by atoms with Gasteiger partial charge in [0.05, 0.1) is 10.7 Å². The second-order valence-electron chi connectivity index (χ2n) is 6.29. The van der Waals surface area contributed by atoms with Gasteiger partial charge in [-0.05, 0) is 37.8 Å². The highest BCUT2D eigenvalue weighted by atomic mass is 35.5. The molecule has 1 N–H and O–H groups in total. The number of aromatic nitrogens is 2. The Kier molecular flexibility index (Phi) is 4.53. The first kappa shape index (κ1) is 17.8. The molecule has 0 radical (unpaired) electrons. The number of carbonyl (C=O) groups is 1. The van der Waals surface area contributed by atoms with E-state index in [1.54, 1.807) is 0 Å². The number of hydrogen-bond acceptors (Lipinski definition) is 2. The molecule has 0 saturated heterocycles. The molecule has 1 saturated carbocycles. The normalized spacial score (nSPS) is 14.6. The van der Waals surface area contributed by atoms with Gasteiger partial charge in [-0.1, -0.05) is 29.8 Å². The minimum absolute atomic E-state index is 0.0657. The summed E-state index contributed by atoms with van der Waals surface area (Å²) in [4.78, 5) is 12.4. The lowest BCUT2D eigenvalue weighted by atomic mass is 10.1. The fraction of sp³-hybridized carbons (Fsp3) is 0.412. The molecule has 0 aliphatic heterocycles. The van der Waals surface area contributed by atoms with E-state index in [-0.39, 0.29) is 12.5 Å². The Balaban J connectivity index is 1.86. The van der Waals surface area contributed by atoms with Gasteiger partial charge in [0, 0.05) is 11.6 Å². The Morgan fingerprint density at radius 1 is 1.32 bits per heavy atom. The number of hydrogen-bond donors (Lipinski definition) is 1. The number of amides is 1. The van der Waals surface area contributed by atoms with E-state index in [9.17, 15) is 18.0 Å². The van der Waals surface area contributed by atoms with Crippen LogP contribution in [0.2, 0.25) is 5.02 Å². The average molecular weight is 372 g/mol. The Hall–Kier alpha value is -2.02. The largest absolute Gasteiger partial charge is 0.436 e. The number of nitrogens with one attached hydrogen (secondary N) is 1. The number of halogens is 4. The zero-order valence-electron chi connectivity index (χ0n) is 13.7. The molecule has 0 bridgehead atoms. The van der Waals surface area contributed by atoms with Crippen molar-refractivity contribution in [1.82, 2.24) is 9.78 Å². The number of carbonyl (C=O) groups excluding carboxylic acids is 1. The summed E-state index contributed by atoms with van der Waals surface area (Å²) >= 11 is 5.91. The van der Waals surface area contributed by atoms with Crippen LogP contribution in [0.5, 0.6) is 0 Å². The number of benzene rings is 1. The van der Waals surface area contributed by atoms with Crippen molar-refractivity contribution in [3.63, 3.8) is 0 Å². The monoisotopic (exact) mass is 371 g/mol. The van der Waals surface area contributed by atoms with Crippen molar-refractivity contribution >= 4 is 23.2 Å². The maximum Gasteiger partial charge on any atom is 0.436 e. The highest BCUT2D eigenvalue weighted by Crippen LogP contribution is 2.46. The number of para-hydroxylation sites is 1. The van der Waals surface area contributed by atoms with Gasteiger partial charge in [-0.2, -0.15) is 18.3 Å². The first-order chi connectivity index (χ1) is 11.7. The summed E-state index contributed by atoms with van der Waals surface area (Å²) < 4.78 is 40.3. The summed E-state index contributed by atoms with van der Waals surface area (Å²) in [6, 6.07) is 5.57. The molecular formula is C17H17ClF3N3O. The van der Waals surface area contributed by atoms with Crippen LogP contribution >= 0.6 is 11.6 Å². The zero-order chi connectivity index (χ0) is 18.4. The Morgan fingerprint density at radius 3 is 2.44 bits per heavy atom. The van der Waals surface area contributed by atoms with Gasteiger partial charge in [0.1, 0.15) is 6.54 Å². The Labute approximate surface area is 148 Å². The van der Waals surface area contributed by atoms with Crippen molar-refractivity contribution in [2.24, 2.45) is 0 Å². The zero-order valence-corrected chi connectivity index (χ0v) is 14.5. The fourth-order valence-electron chi connectivity index (χ4n) is 2.83. The lowest BCUT2D eigenvalue weighted by molar-refractivity contribution is -0.141. The molecule has 25 heavy (non-hydrogen) atoms. The van der Waals surface area contributed by atoms with E-state index in [4.69, 9.17) is 11.6 Å². The summed E-state index contributed by atoms with van der Waals surface area (Å²) in [5.74, 6) is -0.503. The number of alkyl halides is 3. The van der Waals surface area contributed by atoms with Gasteiger partial charge >= 0.3 is 6.18 Å². The second-order valence-corrected chi connectivity index (χ2v) is 6.67. The summed E-state index contributed by atoms with van der Waals surface area (Å²) in [6.45, 7) is 3.39. The predicted octanol–water partition coefficient (Wildman–Crippen LogP) is 4.69. The quantitative estimate of drug-likeness (QED) is 0.847. The van der Waals surface area contributed by atoms with Gasteiger partial charge in [0.15, 0.2) is 5.69 Å². The molecule has 1 aliphatic rings. The molecule has 1 aromatic heterocycles. The summed E-state index contributed by atoms with van der Waals surface area (Å²) in [7, 11) is 0. The van der Waals surface area contributed by atoms with Crippen LogP contribution in [-0.4, -0.2) is 15.7 Å². The minimum Gasteiger partial charge on any atom is -0.324 e. The van der Waals surface area contributed by atoms with Gasteiger partial charge in [0.2, 0.25) is 5.91 Å². The first-order valence-electron chi connectivity index (χ1n) is 7.88. The van der Waals surface area contributed by atoms with Crippen LogP contribution in [0, 0.1) is 13.8 Å². The highest BCUT2D eigenvalue weighted by molar-refractivity contribution is 6.32. The van der Waals surface area contributed by atoms with E-state index in [2.05, 4.69) is 10.4 Å². The van der Waals surface area contributed by atoms with E-state index in [1.165, 1.54) is 0 Å². The summed E-state index contributed by atoms with van der Waals surface area (Å²) in [6.07, 6.45) is -3.14. The third kappa shape index (κ3) is 3.66. The number of aryl methyl sites for hydroxylation is 2. The lowest BCUT2D eigenvalue weighted by Gasteiger charge is -2.12. The maximum atomic E-state index is 13.1. The highest BCUT2D eigenvalue weighted by Gasteiger charge is 2.42. The van der Waals surface area contributed by atoms with Gasteiger partial charge < -0.3 is 5.32 Å². The molecule has 0 spiro atoms. The molecule has 0 unspecified atom stereocenters. The molecule has 2 aromatic rings. The van der Waals surface area contributed by atoms with E-state index in [0.29, 0.717) is 11.4 Å². The molecule has 1 fully saturated rings. The van der Waals surface area contributed by atoms with Gasteiger partial charge in [0.25, 0.3) is 0 Å². The average Bonchev–Trinajstić information content (AvgIpc) is 3.27. The molecule has 8 heteroatoms. The molecule has 1 aliphatic carbocycles. The molecule has 4 nitrogen and oxygen atoms in total. The predicted molar refractivity (Wildman–Crippen MR) is 88.8 cm³/mol. The molecule has 1 aromatic carbocycles. The fourth-order valence-corrected chi connectivity index (χ4v) is 3.22. The van der Waals surface area contributed by atoms with Crippen molar-refractivity contribution < 1.29 is 18.0 Å². The molecule has 134 valence electrons. The SMILES string of the molecule is Cc1cccc(C)c1NC(=O)Cn1nc(C(F)(F)F)c(Cl)c1C1CC1. The van der Waals surface area contributed by atoms with Crippen molar-refractivity contribution in [3.8, 4) is 0 Å². The van der Waals surface area contributed by atoms with Crippen molar-refractivity contribution in [1.29, 1.82) is 0 Å². The number of nitrogens with zero attached hydrogens (tertiary/aromatic N) is 2. The van der Waals surface area contributed by atoms with E-state index >= 15 is 0 Å². The third-order valence-electron chi connectivity index (χ3n) is 4.20. The minimum atomic E-state index is -4.64. The van der Waals surface area contributed by atoms with Crippen molar-refractivity contribution in [3.05, 3.63) is 45.7 Å². The van der Waals surface area contributed by atoms with Gasteiger partial charge in [-0.15, -0.1) is 0 Å². The van der Waals surface area contributed by atoms with Crippen LogP contribution < -0.4 is 5.32 Å². The first-order valence-corrected chi connectivity index (χ1v) is 8.25. The Bertz CT molecular complexity index is 805. The van der Waals surface area contributed by atoms with E-state index in [0.717, 1.165) is 28.7 Å². The lowest BCUT2D eigenvalue weighted by Crippen LogP contribution is -2.22. The van der Waals surface area contributed by atoms with Gasteiger partial charge in [-0.3, -0.25) is 9.48 Å². The molecule has 1 amide bonds. The number of anilines is 1. The molecule has 3 rings (SSSR count). The second kappa shape index (κ2) is 6.37. The molecule has 0 atom stereocenters. The van der Waals surface area contributed by atoms with Gasteiger partial charge in [-0.25, -0.2) is 0 Å². The topological polar surface area (TPSA) is 46.9 Å². The van der Waals surface area contributed by atoms with Crippen LogP contribution in [0.4, 0.5) is 18.9 Å². The standard InChI is InChI=1S/C17H17ClF3N3O/c1-9-4-3-5-10(2)14(9)22-12(25)8-24-15(11-6-7-11)13(18)16(23-24)17(19,20)21/h3-5,11H,6-8H2,1-2H3,(H,22,25). The summed E-state index contributed by atoms with van der Waals surface area (Å²) in [5, 5.41) is 5.93. The van der Waals surface area contributed by atoms with E-state index < -0.39 is 22.8 Å². The van der Waals surface area contributed by atoms with Crippen molar-refractivity contribution in [2.45, 2.75) is 45.3 Å². The summed E-state index contributed by atoms with van der Waals surface area (Å²) in [5.41, 5.74) is 1.59. The van der Waals surface area contributed by atoms with E-state index in [1.807, 2.05) is 32.0 Å². The van der Waals surface area contributed by atoms with Crippen LogP contribution in [0.1, 0.15) is 41.3 Å². The molecule has 1 heterocycles.